The van der Waals surface area contributed by atoms with Gasteiger partial charge in [0.1, 0.15) is 0 Å². The first-order chi connectivity index (χ1) is 17.3. The van der Waals surface area contributed by atoms with Crippen molar-refractivity contribution in [2.24, 2.45) is 0 Å². The van der Waals surface area contributed by atoms with Crippen molar-refractivity contribution in [1.29, 1.82) is 0 Å². The van der Waals surface area contributed by atoms with Gasteiger partial charge in [-0.15, -0.1) is 0 Å². The van der Waals surface area contributed by atoms with Crippen LogP contribution in [0.1, 0.15) is 181 Å². The summed E-state index contributed by atoms with van der Waals surface area (Å²) in [5, 5.41) is 0. The predicted octanol–water partition coefficient (Wildman–Crippen LogP) is 11.2. The summed E-state index contributed by atoms with van der Waals surface area (Å²) in [6, 6.07) is 0. The molecule has 1 rings (SSSR count). The van der Waals surface area contributed by atoms with Crippen LogP contribution in [0.15, 0.2) is 12.4 Å². The molecule has 2 nitrogen and oxygen atoms in total. The molecule has 0 spiro atoms. The molecule has 2 heteroatoms. The molecule has 35 heavy (non-hydrogen) atoms. The molecule has 1 aliphatic heterocycles. The highest BCUT2D eigenvalue weighted by Crippen LogP contribution is 2.19. The third-order valence-corrected chi connectivity index (χ3v) is 8.20. The van der Waals surface area contributed by atoms with Gasteiger partial charge in [0.2, 0.25) is 0 Å². The third-order valence-electron chi connectivity index (χ3n) is 8.20. The van der Waals surface area contributed by atoms with Crippen LogP contribution in [0.5, 0.6) is 0 Å². The monoisotopic (exact) mass is 491 g/mol. The summed E-state index contributed by atoms with van der Waals surface area (Å²) in [5.74, 6) is 0. The summed E-state index contributed by atoms with van der Waals surface area (Å²) in [5.41, 5.74) is 0. The number of nitrogens with zero attached hydrogens (tertiary/aromatic N) is 2. The maximum absolute atomic E-state index is 2.57. The van der Waals surface area contributed by atoms with E-state index in [1.54, 1.807) is 0 Å². The Hall–Kier alpha value is -0.660. The summed E-state index contributed by atoms with van der Waals surface area (Å²) >= 11 is 0. The third kappa shape index (κ3) is 19.2. The molecule has 1 heterocycles. The molecule has 0 saturated carbocycles. The maximum atomic E-state index is 2.57. The molecule has 0 fully saturated rings. The summed E-state index contributed by atoms with van der Waals surface area (Å²) in [4.78, 5) is 5.13. The zero-order chi connectivity index (χ0) is 25.2. The van der Waals surface area contributed by atoms with Gasteiger partial charge >= 0.3 is 0 Å². The van der Waals surface area contributed by atoms with Crippen LogP contribution >= 0.6 is 0 Å². The number of hydrogen-bond donors (Lipinski definition) is 0. The van der Waals surface area contributed by atoms with E-state index in [1.807, 2.05) is 0 Å². The SMILES string of the molecule is CCCCCCCCCCCCCCCCCCN1C=CN(CCCCCCCCCCC)C1C. The van der Waals surface area contributed by atoms with Crippen LogP contribution in [-0.2, 0) is 0 Å². The second-order valence-electron chi connectivity index (χ2n) is 11.5. The van der Waals surface area contributed by atoms with Crippen LogP contribution in [0, 0.1) is 0 Å². The first-order valence-electron chi connectivity index (χ1n) is 16.5. The van der Waals surface area contributed by atoms with Gasteiger partial charge in [-0.3, -0.25) is 0 Å². The van der Waals surface area contributed by atoms with Gasteiger partial charge in [0.15, 0.2) is 0 Å². The van der Waals surface area contributed by atoms with Crippen molar-refractivity contribution in [3.8, 4) is 0 Å². The molecule has 0 aliphatic carbocycles. The lowest BCUT2D eigenvalue weighted by Crippen LogP contribution is -2.36. The van der Waals surface area contributed by atoms with Gasteiger partial charge in [-0.2, -0.15) is 0 Å². The Morgan fingerprint density at radius 3 is 0.857 bits per heavy atom. The molecule has 1 aliphatic rings. The van der Waals surface area contributed by atoms with E-state index in [0.717, 1.165) is 0 Å². The Bertz CT molecular complexity index is 446. The van der Waals surface area contributed by atoms with Gasteiger partial charge in [-0.1, -0.05) is 162 Å². The van der Waals surface area contributed by atoms with Crippen molar-refractivity contribution in [1.82, 2.24) is 9.80 Å². The van der Waals surface area contributed by atoms with E-state index < -0.39 is 0 Å². The second-order valence-corrected chi connectivity index (χ2v) is 11.5. The van der Waals surface area contributed by atoms with Gasteiger partial charge in [-0.05, 0) is 19.8 Å². The van der Waals surface area contributed by atoms with Crippen molar-refractivity contribution in [2.45, 2.75) is 187 Å². The Morgan fingerprint density at radius 2 is 0.600 bits per heavy atom. The zero-order valence-corrected chi connectivity index (χ0v) is 24.7. The van der Waals surface area contributed by atoms with Crippen molar-refractivity contribution >= 4 is 0 Å². The van der Waals surface area contributed by atoms with Gasteiger partial charge in [0, 0.05) is 25.5 Å². The fourth-order valence-corrected chi connectivity index (χ4v) is 5.58. The second kappa shape index (κ2) is 25.0. The molecule has 0 aromatic rings. The first-order valence-corrected chi connectivity index (χ1v) is 16.5. The van der Waals surface area contributed by atoms with E-state index in [4.69, 9.17) is 0 Å². The molecule has 0 saturated heterocycles. The van der Waals surface area contributed by atoms with Crippen molar-refractivity contribution < 1.29 is 0 Å². The molecule has 0 bridgehead atoms. The van der Waals surface area contributed by atoms with E-state index in [2.05, 4.69) is 43.0 Å². The fraction of sp³-hybridized carbons (Fsp3) is 0.939. The highest BCUT2D eigenvalue weighted by molar-refractivity contribution is 4.95. The van der Waals surface area contributed by atoms with Crippen LogP contribution in [0.2, 0.25) is 0 Å². The number of hydrogen-bond acceptors (Lipinski definition) is 2. The molecule has 0 radical (unpaired) electrons. The van der Waals surface area contributed by atoms with Gasteiger partial charge < -0.3 is 9.80 Å². The van der Waals surface area contributed by atoms with Crippen LogP contribution in [-0.4, -0.2) is 29.1 Å². The maximum Gasteiger partial charge on any atom is 0.0977 e. The van der Waals surface area contributed by atoms with E-state index in [1.165, 1.54) is 174 Å². The summed E-state index contributed by atoms with van der Waals surface area (Å²) in [6.45, 7) is 9.47. The van der Waals surface area contributed by atoms with E-state index in [-0.39, 0.29) is 0 Å². The normalized spacial score (nSPS) is 15.6. The lowest BCUT2D eigenvalue weighted by Gasteiger charge is -2.30. The molecule has 1 unspecified atom stereocenters. The van der Waals surface area contributed by atoms with Gasteiger partial charge in [0.05, 0.1) is 6.17 Å². The number of rotatable bonds is 27. The standard InChI is InChI=1S/C33H66N2/c1-4-6-8-10-12-14-15-16-17-18-19-20-22-24-26-28-30-35-32-31-34(33(35)3)29-27-25-23-21-13-11-9-7-5-2/h31-33H,4-30H2,1-3H3. The molecule has 1 atom stereocenters. The highest BCUT2D eigenvalue weighted by atomic mass is 15.4. The Kier molecular flexibility index (Phi) is 23.1. The van der Waals surface area contributed by atoms with E-state index >= 15 is 0 Å². The molecular formula is C33H66N2. The highest BCUT2D eigenvalue weighted by Gasteiger charge is 2.20. The Labute approximate surface area is 222 Å². The smallest absolute Gasteiger partial charge is 0.0977 e. The van der Waals surface area contributed by atoms with Crippen molar-refractivity contribution in [3.63, 3.8) is 0 Å². The summed E-state index contributed by atoms with van der Waals surface area (Å²) in [7, 11) is 0. The lowest BCUT2D eigenvalue weighted by molar-refractivity contribution is 0.165. The van der Waals surface area contributed by atoms with Gasteiger partial charge in [-0.25, -0.2) is 0 Å². The average Bonchev–Trinajstić information content (AvgIpc) is 3.21. The van der Waals surface area contributed by atoms with E-state index in [9.17, 15) is 0 Å². The summed E-state index contributed by atoms with van der Waals surface area (Å²) < 4.78 is 0. The fourth-order valence-electron chi connectivity index (χ4n) is 5.58. The van der Waals surface area contributed by atoms with Crippen LogP contribution in [0.25, 0.3) is 0 Å². The van der Waals surface area contributed by atoms with Crippen LogP contribution < -0.4 is 0 Å². The van der Waals surface area contributed by atoms with Gasteiger partial charge in [0.25, 0.3) is 0 Å². The predicted molar refractivity (Wildman–Crippen MR) is 159 cm³/mol. The first kappa shape index (κ1) is 32.4. The summed E-state index contributed by atoms with van der Waals surface area (Å²) in [6.07, 6.45) is 41.2. The Balaban J connectivity index is 1.82. The zero-order valence-electron chi connectivity index (χ0n) is 24.7. The molecule has 0 N–H and O–H groups in total. The average molecular weight is 491 g/mol. The largest absolute Gasteiger partial charge is 0.356 e. The van der Waals surface area contributed by atoms with Crippen LogP contribution in [0.3, 0.4) is 0 Å². The van der Waals surface area contributed by atoms with Crippen LogP contribution in [0.4, 0.5) is 0 Å². The van der Waals surface area contributed by atoms with Crippen molar-refractivity contribution in [2.75, 3.05) is 13.1 Å². The minimum absolute atomic E-state index is 0.570. The number of unbranched alkanes of at least 4 members (excludes halogenated alkanes) is 23. The molecule has 0 aromatic carbocycles. The quantitative estimate of drug-likeness (QED) is 0.106. The molecule has 0 amide bonds. The van der Waals surface area contributed by atoms with E-state index in [0.29, 0.717) is 6.17 Å². The Morgan fingerprint density at radius 1 is 0.371 bits per heavy atom. The molecular weight excluding hydrogens is 424 g/mol. The minimum atomic E-state index is 0.570. The van der Waals surface area contributed by atoms with Crippen molar-refractivity contribution in [3.05, 3.63) is 12.4 Å². The molecule has 0 aromatic heterocycles. The lowest BCUT2D eigenvalue weighted by atomic mass is 10.0. The minimum Gasteiger partial charge on any atom is -0.356 e. The molecule has 208 valence electrons. The topological polar surface area (TPSA) is 6.48 Å².